The number of rotatable bonds is 4. The maximum absolute atomic E-state index is 4.45. The van der Waals surface area contributed by atoms with E-state index in [2.05, 4.69) is 68.9 Å². The van der Waals surface area contributed by atoms with Crippen molar-refractivity contribution in [3.05, 3.63) is 58.8 Å². The van der Waals surface area contributed by atoms with Crippen LogP contribution in [0.4, 0.5) is 0 Å². The minimum atomic E-state index is 0.347. The lowest BCUT2D eigenvalue weighted by molar-refractivity contribution is 0.598. The van der Waals surface area contributed by atoms with Crippen LogP contribution in [-0.4, -0.2) is 16.1 Å². The van der Waals surface area contributed by atoms with E-state index in [-0.39, 0.29) is 0 Å². The first-order chi connectivity index (χ1) is 10.2. The summed E-state index contributed by atoms with van der Waals surface area (Å²) in [5.41, 5.74) is 4.51. The molecule has 0 saturated heterocycles. The van der Waals surface area contributed by atoms with E-state index >= 15 is 0 Å². The van der Waals surface area contributed by atoms with Crippen LogP contribution in [-0.2, 0) is 0 Å². The van der Waals surface area contributed by atoms with Crippen molar-refractivity contribution >= 4 is 27.0 Å². The normalized spacial score (nSPS) is 12.7. The standard InChI is InChI=1S/C17H18BrN3/c1-3-19-12(2)13-8-9-16(14(18)10-13)21-11-20-15-6-4-5-7-17(15)21/h4-12,19H,3H2,1-2H3. The van der Waals surface area contributed by atoms with Crippen molar-refractivity contribution in [1.29, 1.82) is 0 Å². The Labute approximate surface area is 133 Å². The van der Waals surface area contributed by atoms with E-state index in [1.165, 1.54) is 5.56 Å². The van der Waals surface area contributed by atoms with Crippen molar-refractivity contribution in [2.75, 3.05) is 6.54 Å². The first-order valence-electron chi connectivity index (χ1n) is 7.16. The Balaban J connectivity index is 2.03. The van der Waals surface area contributed by atoms with Gasteiger partial charge < -0.3 is 5.32 Å². The second-order valence-corrected chi connectivity index (χ2v) is 5.95. The monoisotopic (exact) mass is 343 g/mol. The molecule has 1 aromatic heterocycles. The molecule has 1 atom stereocenters. The molecule has 0 aliphatic heterocycles. The molecular formula is C17H18BrN3. The third kappa shape index (κ3) is 2.74. The number of halogens is 1. The lowest BCUT2D eigenvalue weighted by Gasteiger charge is -2.15. The second kappa shape index (κ2) is 6.00. The minimum Gasteiger partial charge on any atom is -0.310 e. The lowest BCUT2D eigenvalue weighted by atomic mass is 10.1. The highest BCUT2D eigenvalue weighted by molar-refractivity contribution is 9.10. The molecule has 3 rings (SSSR count). The number of nitrogens with zero attached hydrogens (tertiary/aromatic N) is 2. The van der Waals surface area contributed by atoms with E-state index in [1.54, 1.807) is 0 Å². The average molecular weight is 344 g/mol. The van der Waals surface area contributed by atoms with Crippen molar-refractivity contribution in [2.45, 2.75) is 19.9 Å². The number of fused-ring (bicyclic) bond motifs is 1. The van der Waals surface area contributed by atoms with Crippen LogP contribution in [0.15, 0.2) is 53.3 Å². The average Bonchev–Trinajstić information content (AvgIpc) is 2.91. The molecule has 3 aromatic rings. The zero-order chi connectivity index (χ0) is 14.8. The molecule has 0 amide bonds. The van der Waals surface area contributed by atoms with Gasteiger partial charge in [0.15, 0.2) is 0 Å². The highest BCUT2D eigenvalue weighted by Gasteiger charge is 2.10. The minimum absolute atomic E-state index is 0.347. The van der Waals surface area contributed by atoms with Crippen LogP contribution in [0.5, 0.6) is 0 Å². The number of para-hydroxylation sites is 2. The van der Waals surface area contributed by atoms with Gasteiger partial charge in [0, 0.05) is 10.5 Å². The number of benzene rings is 2. The Bertz CT molecular complexity index is 764. The zero-order valence-electron chi connectivity index (χ0n) is 12.2. The van der Waals surface area contributed by atoms with Gasteiger partial charge >= 0.3 is 0 Å². The van der Waals surface area contributed by atoms with Crippen molar-refractivity contribution in [3.63, 3.8) is 0 Å². The first kappa shape index (κ1) is 14.3. The second-order valence-electron chi connectivity index (χ2n) is 5.09. The molecule has 0 aliphatic carbocycles. The molecular weight excluding hydrogens is 326 g/mol. The Hall–Kier alpha value is -1.65. The molecule has 21 heavy (non-hydrogen) atoms. The van der Waals surface area contributed by atoms with Crippen LogP contribution in [0.3, 0.4) is 0 Å². The molecule has 3 nitrogen and oxygen atoms in total. The van der Waals surface area contributed by atoms with E-state index in [9.17, 15) is 0 Å². The maximum atomic E-state index is 4.45. The number of hydrogen-bond acceptors (Lipinski definition) is 2. The summed E-state index contributed by atoms with van der Waals surface area (Å²) >= 11 is 3.70. The van der Waals surface area contributed by atoms with E-state index < -0.39 is 0 Å². The van der Waals surface area contributed by atoms with Crippen LogP contribution in [0.1, 0.15) is 25.5 Å². The highest BCUT2D eigenvalue weighted by Crippen LogP contribution is 2.27. The number of hydrogen-bond donors (Lipinski definition) is 1. The SMILES string of the molecule is CCNC(C)c1ccc(-n2cnc3ccccc32)c(Br)c1. The van der Waals surface area contributed by atoms with E-state index in [1.807, 2.05) is 24.5 Å². The molecule has 2 aromatic carbocycles. The summed E-state index contributed by atoms with van der Waals surface area (Å²) in [6, 6.07) is 15.0. The highest BCUT2D eigenvalue weighted by atomic mass is 79.9. The first-order valence-corrected chi connectivity index (χ1v) is 7.95. The molecule has 0 aliphatic rings. The van der Waals surface area contributed by atoms with E-state index in [4.69, 9.17) is 0 Å². The Morgan fingerprint density at radius 1 is 1.24 bits per heavy atom. The van der Waals surface area contributed by atoms with Crippen molar-refractivity contribution < 1.29 is 0 Å². The van der Waals surface area contributed by atoms with Gasteiger partial charge in [-0.05, 0) is 59.2 Å². The van der Waals surface area contributed by atoms with Gasteiger partial charge in [-0.15, -0.1) is 0 Å². The van der Waals surface area contributed by atoms with E-state index in [0.29, 0.717) is 6.04 Å². The Morgan fingerprint density at radius 3 is 2.81 bits per heavy atom. The Kier molecular flexibility index (Phi) is 4.08. The van der Waals surface area contributed by atoms with Crippen molar-refractivity contribution in [3.8, 4) is 5.69 Å². The predicted molar refractivity (Wildman–Crippen MR) is 90.9 cm³/mol. The molecule has 1 heterocycles. The molecule has 4 heteroatoms. The smallest absolute Gasteiger partial charge is 0.100 e. The van der Waals surface area contributed by atoms with Crippen LogP contribution >= 0.6 is 15.9 Å². The largest absolute Gasteiger partial charge is 0.310 e. The van der Waals surface area contributed by atoms with Gasteiger partial charge in [0.05, 0.1) is 16.7 Å². The van der Waals surface area contributed by atoms with Gasteiger partial charge in [0.25, 0.3) is 0 Å². The molecule has 0 radical (unpaired) electrons. The lowest BCUT2D eigenvalue weighted by Crippen LogP contribution is -2.17. The topological polar surface area (TPSA) is 29.9 Å². The molecule has 1 unspecified atom stereocenters. The molecule has 0 spiro atoms. The van der Waals surface area contributed by atoms with Gasteiger partial charge in [0.1, 0.15) is 6.33 Å². The summed E-state index contributed by atoms with van der Waals surface area (Å²) in [7, 11) is 0. The summed E-state index contributed by atoms with van der Waals surface area (Å²) in [5.74, 6) is 0. The number of nitrogens with one attached hydrogen (secondary N) is 1. The summed E-state index contributed by atoms with van der Waals surface area (Å²) < 4.78 is 3.19. The molecule has 0 bridgehead atoms. The van der Waals surface area contributed by atoms with Gasteiger partial charge in [-0.3, -0.25) is 4.57 Å². The molecule has 108 valence electrons. The predicted octanol–water partition coefficient (Wildman–Crippen LogP) is 4.46. The van der Waals surface area contributed by atoms with E-state index in [0.717, 1.165) is 27.7 Å². The molecule has 0 saturated carbocycles. The van der Waals surface area contributed by atoms with Gasteiger partial charge in [-0.2, -0.15) is 0 Å². The summed E-state index contributed by atoms with van der Waals surface area (Å²) in [6.45, 7) is 5.27. The van der Waals surface area contributed by atoms with Crippen molar-refractivity contribution in [2.24, 2.45) is 0 Å². The fourth-order valence-corrected chi connectivity index (χ4v) is 3.15. The van der Waals surface area contributed by atoms with Crippen LogP contribution in [0.2, 0.25) is 0 Å². The fourth-order valence-electron chi connectivity index (χ4n) is 2.56. The molecule has 1 N–H and O–H groups in total. The quantitative estimate of drug-likeness (QED) is 0.757. The Morgan fingerprint density at radius 2 is 2.05 bits per heavy atom. The third-order valence-electron chi connectivity index (χ3n) is 3.70. The van der Waals surface area contributed by atoms with Gasteiger partial charge in [0.2, 0.25) is 0 Å². The van der Waals surface area contributed by atoms with Crippen molar-refractivity contribution in [1.82, 2.24) is 14.9 Å². The zero-order valence-corrected chi connectivity index (χ0v) is 13.8. The van der Waals surface area contributed by atoms with Gasteiger partial charge in [-0.25, -0.2) is 4.98 Å². The van der Waals surface area contributed by atoms with Crippen LogP contribution in [0, 0.1) is 0 Å². The maximum Gasteiger partial charge on any atom is 0.100 e. The van der Waals surface area contributed by atoms with Gasteiger partial charge in [-0.1, -0.05) is 25.1 Å². The van der Waals surface area contributed by atoms with Crippen LogP contribution in [0.25, 0.3) is 16.7 Å². The summed E-state index contributed by atoms with van der Waals surface area (Å²) in [4.78, 5) is 4.45. The third-order valence-corrected chi connectivity index (χ3v) is 4.33. The van der Waals surface area contributed by atoms with Crippen LogP contribution < -0.4 is 5.32 Å². The fraction of sp³-hybridized carbons (Fsp3) is 0.235. The number of imidazole rings is 1. The number of aromatic nitrogens is 2. The molecule has 0 fully saturated rings. The summed E-state index contributed by atoms with van der Waals surface area (Å²) in [5, 5.41) is 3.43. The summed E-state index contributed by atoms with van der Waals surface area (Å²) in [6.07, 6.45) is 1.87.